The molecule has 0 aliphatic carbocycles. The molecule has 90 valence electrons. The first-order valence-corrected chi connectivity index (χ1v) is 7.17. The fourth-order valence-electron chi connectivity index (χ4n) is 2.08. The van der Waals surface area contributed by atoms with Crippen molar-refractivity contribution < 1.29 is 4.79 Å². The van der Waals surface area contributed by atoms with E-state index < -0.39 is 0 Å². The van der Waals surface area contributed by atoms with E-state index in [4.69, 9.17) is 0 Å². The van der Waals surface area contributed by atoms with Crippen molar-refractivity contribution in [2.75, 3.05) is 11.9 Å². The number of halogens is 1. The number of likely N-dealkylation sites (N-methyl/N-ethyl adjacent to an activating group) is 1. The predicted molar refractivity (Wildman–Crippen MR) is 79.7 cm³/mol. The summed E-state index contributed by atoms with van der Waals surface area (Å²) >= 11 is 5.09. The van der Waals surface area contributed by atoms with Crippen LogP contribution in [0.4, 0.5) is 5.69 Å². The standard InChI is InChI=1S/C14H10BrNOS/c1-16-13-5-4-9(15)7-11(13)12(14(16)17)8-10-3-2-6-18-10/h2-8H,1H3/b12-8+. The number of fused-ring (bicyclic) bond motifs is 1. The molecule has 2 aromatic rings. The molecule has 0 atom stereocenters. The Morgan fingerprint density at radius 1 is 1.33 bits per heavy atom. The van der Waals surface area contributed by atoms with Crippen LogP contribution in [-0.4, -0.2) is 13.0 Å². The van der Waals surface area contributed by atoms with Crippen molar-refractivity contribution in [1.29, 1.82) is 0 Å². The van der Waals surface area contributed by atoms with Gasteiger partial charge in [-0.1, -0.05) is 22.0 Å². The van der Waals surface area contributed by atoms with Gasteiger partial charge in [-0.05, 0) is 35.7 Å². The third kappa shape index (κ3) is 1.82. The van der Waals surface area contributed by atoms with Crippen LogP contribution in [0.3, 0.4) is 0 Å². The van der Waals surface area contributed by atoms with Crippen LogP contribution in [0.5, 0.6) is 0 Å². The molecule has 0 bridgehead atoms. The zero-order valence-corrected chi connectivity index (χ0v) is 12.1. The fraction of sp³-hybridized carbons (Fsp3) is 0.0714. The number of thiophene rings is 1. The summed E-state index contributed by atoms with van der Waals surface area (Å²) in [4.78, 5) is 15.0. The Labute approximate surface area is 118 Å². The van der Waals surface area contributed by atoms with Crippen molar-refractivity contribution in [3.05, 3.63) is 50.6 Å². The quantitative estimate of drug-likeness (QED) is 0.727. The van der Waals surface area contributed by atoms with Gasteiger partial charge in [0.05, 0.1) is 11.3 Å². The van der Waals surface area contributed by atoms with Crippen LogP contribution in [0.1, 0.15) is 10.4 Å². The SMILES string of the molecule is CN1C(=O)/C(=C/c2cccs2)c2cc(Br)ccc21. The second-order valence-corrected chi connectivity index (χ2v) is 5.99. The van der Waals surface area contributed by atoms with Gasteiger partial charge >= 0.3 is 0 Å². The van der Waals surface area contributed by atoms with E-state index in [9.17, 15) is 4.79 Å². The van der Waals surface area contributed by atoms with Gasteiger partial charge in [-0.3, -0.25) is 4.79 Å². The van der Waals surface area contributed by atoms with Gasteiger partial charge in [0.15, 0.2) is 0 Å². The average Bonchev–Trinajstić information content (AvgIpc) is 2.93. The minimum Gasteiger partial charge on any atom is -0.311 e. The molecule has 4 heteroatoms. The highest BCUT2D eigenvalue weighted by atomic mass is 79.9. The van der Waals surface area contributed by atoms with E-state index in [0.29, 0.717) is 0 Å². The van der Waals surface area contributed by atoms with Crippen LogP contribution in [0.2, 0.25) is 0 Å². The third-order valence-electron chi connectivity index (χ3n) is 2.97. The number of rotatable bonds is 1. The smallest absolute Gasteiger partial charge is 0.258 e. The number of hydrogen-bond acceptors (Lipinski definition) is 2. The molecule has 1 amide bonds. The molecular formula is C14H10BrNOS. The molecule has 1 aromatic carbocycles. The molecule has 3 rings (SSSR count). The van der Waals surface area contributed by atoms with Gasteiger partial charge in [-0.25, -0.2) is 0 Å². The van der Waals surface area contributed by atoms with Crippen LogP contribution in [0.25, 0.3) is 11.6 Å². The van der Waals surface area contributed by atoms with Crippen molar-refractivity contribution in [2.45, 2.75) is 0 Å². The van der Waals surface area contributed by atoms with Crippen molar-refractivity contribution in [1.82, 2.24) is 0 Å². The summed E-state index contributed by atoms with van der Waals surface area (Å²) in [5, 5.41) is 2.01. The first-order valence-electron chi connectivity index (χ1n) is 5.50. The molecule has 1 aliphatic heterocycles. The van der Waals surface area contributed by atoms with E-state index in [-0.39, 0.29) is 5.91 Å². The number of nitrogens with zero attached hydrogens (tertiary/aromatic N) is 1. The number of carbonyl (C=O) groups is 1. The molecule has 0 unspecified atom stereocenters. The van der Waals surface area contributed by atoms with E-state index in [1.54, 1.807) is 16.2 Å². The Morgan fingerprint density at radius 2 is 2.17 bits per heavy atom. The Morgan fingerprint density at radius 3 is 2.89 bits per heavy atom. The Bertz CT molecular complexity index is 646. The molecule has 0 radical (unpaired) electrons. The number of anilines is 1. The van der Waals surface area contributed by atoms with E-state index >= 15 is 0 Å². The van der Waals surface area contributed by atoms with Gasteiger partial charge in [-0.15, -0.1) is 11.3 Å². The number of amides is 1. The summed E-state index contributed by atoms with van der Waals surface area (Å²) in [5.41, 5.74) is 2.72. The summed E-state index contributed by atoms with van der Waals surface area (Å²) < 4.78 is 0.987. The normalized spacial score (nSPS) is 16.4. The van der Waals surface area contributed by atoms with E-state index in [0.717, 1.165) is 26.2 Å². The van der Waals surface area contributed by atoms with Crippen molar-refractivity contribution in [2.24, 2.45) is 0 Å². The van der Waals surface area contributed by atoms with Crippen LogP contribution in [-0.2, 0) is 4.79 Å². The second kappa shape index (κ2) is 4.37. The molecule has 1 aliphatic rings. The Balaban J connectivity index is 2.18. The van der Waals surface area contributed by atoms with Crippen molar-refractivity contribution in [3.8, 4) is 0 Å². The Hall–Kier alpha value is -1.39. The monoisotopic (exact) mass is 319 g/mol. The van der Waals surface area contributed by atoms with E-state index in [1.807, 2.05) is 48.8 Å². The maximum Gasteiger partial charge on any atom is 0.258 e. The Kier molecular flexibility index (Phi) is 2.84. The fourth-order valence-corrected chi connectivity index (χ4v) is 3.10. The highest BCUT2D eigenvalue weighted by molar-refractivity contribution is 9.10. The largest absolute Gasteiger partial charge is 0.311 e. The molecule has 2 nitrogen and oxygen atoms in total. The molecular weight excluding hydrogens is 310 g/mol. The number of benzene rings is 1. The van der Waals surface area contributed by atoms with Gasteiger partial charge in [0.1, 0.15) is 0 Å². The lowest BCUT2D eigenvalue weighted by Gasteiger charge is -2.08. The van der Waals surface area contributed by atoms with Gasteiger partial charge in [0, 0.05) is 22.0 Å². The van der Waals surface area contributed by atoms with E-state index in [2.05, 4.69) is 15.9 Å². The second-order valence-electron chi connectivity index (χ2n) is 4.10. The van der Waals surface area contributed by atoms with Crippen molar-refractivity contribution >= 4 is 50.5 Å². The predicted octanol–water partition coefficient (Wildman–Crippen LogP) is 4.03. The minimum absolute atomic E-state index is 0.0523. The zero-order chi connectivity index (χ0) is 12.7. The maximum atomic E-state index is 12.2. The molecule has 18 heavy (non-hydrogen) atoms. The number of hydrogen-bond donors (Lipinski definition) is 0. The summed E-state index contributed by atoms with van der Waals surface area (Å²) in [5.74, 6) is 0.0523. The van der Waals surface area contributed by atoms with Crippen LogP contribution < -0.4 is 4.90 Å². The summed E-state index contributed by atoms with van der Waals surface area (Å²) in [6, 6.07) is 9.92. The topological polar surface area (TPSA) is 20.3 Å². The highest BCUT2D eigenvalue weighted by Gasteiger charge is 2.29. The molecule has 0 saturated heterocycles. The van der Waals surface area contributed by atoms with Gasteiger partial charge < -0.3 is 4.90 Å². The first-order chi connectivity index (χ1) is 8.66. The summed E-state index contributed by atoms with van der Waals surface area (Å²) in [6.45, 7) is 0. The molecule has 0 fully saturated rings. The lowest BCUT2D eigenvalue weighted by molar-refractivity contribution is -0.112. The first kappa shape index (κ1) is 11.7. The highest BCUT2D eigenvalue weighted by Crippen LogP contribution is 2.38. The number of carbonyl (C=O) groups excluding carboxylic acids is 1. The average molecular weight is 320 g/mol. The lowest BCUT2D eigenvalue weighted by atomic mass is 10.1. The summed E-state index contributed by atoms with van der Waals surface area (Å²) in [7, 11) is 1.81. The van der Waals surface area contributed by atoms with Gasteiger partial charge in [0.2, 0.25) is 0 Å². The van der Waals surface area contributed by atoms with Crippen LogP contribution >= 0.6 is 27.3 Å². The molecule has 0 saturated carbocycles. The molecule has 1 aromatic heterocycles. The lowest BCUT2D eigenvalue weighted by Crippen LogP contribution is -2.20. The van der Waals surface area contributed by atoms with E-state index in [1.165, 1.54) is 0 Å². The molecule has 0 N–H and O–H groups in total. The van der Waals surface area contributed by atoms with Crippen molar-refractivity contribution in [3.63, 3.8) is 0 Å². The molecule has 0 spiro atoms. The van der Waals surface area contributed by atoms with Gasteiger partial charge in [-0.2, -0.15) is 0 Å². The molecule has 2 heterocycles. The summed E-state index contributed by atoms with van der Waals surface area (Å²) in [6.07, 6.45) is 1.96. The third-order valence-corrected chi connectivity index (χ3v) is 4.29. The van der Waals surface area contributed by atoms with Gasteiger partial charge in [0.25, 0.3) is 5.91 Å². The zero-order valence-electron chi connectivity index (χ0n) is 9.68. The van der Waals surface area contributed by atoms with Crippen LogP contribution in [0, 0.1) is 0 Å². The minimum atomic E-state index is 0.0523. The van der Waals surface area contributed by atoms with Crippen LogP contribution in [0.15, 0.2) is 40.2 Å². The maximum absolute atomic E-state index is 12.2.